The van der Waals surface area contributed by atoms with E-state index < -0.39 is 5.97 Å². The molecule has 0 spiro atoms. The molecule has 2 rings (SSSR count). The maximum atomic E-state index is 11.7. The van der Waals surface area contributed by atoms with Gasteiger partial charge in [0.1, 0.15) is 5.75 Å². The van der Waals surface area contributed by atoms with Gasteiger partial charge in [0.05, 0.1) is 0 Å². The van der Waals surface area contributed by atoms with Crippen LogP contribution in [0.3, 0.4) is 0 Å². The lowest BCUT2D eigenvalue weighted by Gasteiger charge is -2.11. The monoisotopic (exact) mass is 310 g/mol. The molecule has 1 heterocycles. The van der Waals surface area contributed by atoms with E-state index >= 15 is 0 Å². The molecule has 1 saturated heterocycles. The van der Waals surface area contributed by atoms with E-state index in [1.165, 1.54) is 12.2 Å². The third kappa shape index (κ3) is 5.55. The number of urea groups is 1. The van der Waals surface area contributed by atoms with Crippen molar-refractivity contribution in [2.45, 2.75) is 18.1 Å². The molecular formula is C14H18N2O4S. The van der Waals surface area contributed by atoms with Crippen molar-refractivity contribution >= 4 is 29.4 Å². The fraction of sp³-hybridized carbons (Fsp3) is 0.429. The number of carbonyl (C=O) groups excluding carboxylic acids is 1. The van der Waals surface area contributed by atoms with Crippen LogP contribution in [0.1, 0.15) is 12.8 Å². The Hall–Kier alpha value is -1.89. The molecule has 1 aromatic carbocycles. The Balaban J connectivity index is 1.73. The number of benzene rings is 1. The van der Waals surface area contributed by atoms with E-state index in [0.717, 1.165) is 6.42 Å². The Morgan fingerprint density at radius 3 is 2.71 bits per heavy atom. The summed E-state index contributed by atoms with van der Waals surface area (Å²) >= 11 is 1.89. The molecule has 6 nitrogen and oxygen atoms in total. The molecule has 3 N–H and O–H groups in total. The van der Waals surface area contributed by atoms with Crippen LogP contribution >= 0.6 is 11.8 Å². The number of carboxylic acid groups (broad SMARTS) is 1. The van der Waals surface area contributed by atoms with Crippen LogP contribution in [0.4, 0.5) is 10.5 Å². The van der Waals surface area contributed by atoms with Crippen molar-refractivity contribution in [2.24, 2.45) is 0 Å². The molecule has 2 amide bonds. The van der Waals surface area contributed by atoms with Gasteiger partial charge < -0.3 is 20.5 Å². The van der Waals surface area contributed by atoms with E-state index in [-0.39, 0.29) is 12.6 Å². The first-order valence-corrected chi connectivity index (χ1v) is 7.79. The minimum Gasteiger partial charge on any atom is -0.482 e. The minimum absolute atomic E-state index is 0.235. The van der Waals surface area contributed by atoms with Crippen LogP contribution in [0.5, 0.6) is 5.75 Å². The fourth-order valence-electron chi connectivity index (χ4n) is 1.97. The van der Waals surface area contributed by atoms with Crippen molar-refractivity contribution in [1.29, 1.82) is 0 Å². The average Bonchev–Trinajstić information content (AvgIpc) is 2.98. The molecule has 0 aliphatic carbocycles. The minimum atomic E-state index is -1.03. The first-order chi connectivity index (χ1) is 10.1. The van der Waals surface area contributed by atoms with Gasteiger partial charge in [0.15, 0.2) is 6.61 Å². The maximum Gasteiger partial charge on any atom is 0.341 e. The van der Waals surface area contributed by atoms with Gasteiger partial charge in [-0.15, -0.1) is 0 Å². The summed E-state index contributed by atoms with van der Waals surface area (Å²) in [6.45, 7) is 0.294. The van der Waals surface area contributed by atoms with Gasteiger partial charge >= 0.3 is 12.0 Å². The second kappa shape index (κ2) is 7.78. The number of anilines is 1. The summed E-state index contributed by atoms with van der Waals surface area (Å²) in [7, 11) is 0. The van der Waals surface area contributed by atoms with Crippen molar-refractivity contribution in [1.82, 2.24) is 5.32 Å². The highest BCUT2D eigenvalue weighted by Crippen LogP contribution is 2.25. The Kier molecular flexibility index (Phi) is 5.74. The molecule has 0 radical (unpaired) electrons. The smallest absolute Gasteiger partial charge is 0.341 e. The van der Waals surface area contributed by atoms with Crippen LogP contribution in [0.15, 0.2) is 24.3 Å². The molecule has 114 valence electrons. The largest absolute Gasteiger partial charge is 0.482 e. The number of carboxylic acids is 1. The first kappa shape index (κ1) is 15.5. The van der Waals surface area contributed by atoms with Crippen LogP contribution in [-0.4, -0.2) is 41.3 Å². The average molecular weight is 310 g/mol. The zero-order chi connectivity index (χ0) is 15.1. The van der Waals surface area contributed by atoms with Crippen LogP contribution in [0.25, 0.3) is 0 Å². The number of rotatable bonds is 6. The highest BCUT2D eigenvalue weighted by Gasteiger charge is 2.16. The molecule has 0 saturated carbocycles. The number of aliphatic carboxylic acids is 1. The molecule has 21 heavy (non-hydrogen) atoms. The number of hydrogen-bond acceptors (Lipinski definition) is 4. The molecule has 0 bridgehead atoms. The lowest BCUT2D eigenvalue weighted by Crippen LogP contribution is -2.33. The van der Waals surface area contributed by atoms with Crippen molar-refractivity contribution in [2.75, 3.05) is 24.2 Å². The van der Waals surface area contributed by atoms with Gasteiger partial charge in [-0.25, -0.2) is 9.59 Å². The molecule has 1 aromatic rings. The molecule has 0 aromatic heterocycles. The van der Waals surface area contributed by atoms with E-state index in [2.05, 4.69) is 10.6 Å². The molecular weight excluding hydrogens is 292 g/mol. The van der Waals surface area contributed by atoms with E-state index in [0.29, 0.717) is 23.2 Å². The number of carbonyl (C=O) groups is 2. The Bertz CT molecular complexity index is 486. The van der Waals surface area contributed by atoms with E-state index in [1.807, 2.05) is 11.8 Å². The van der Waals surface area contributed by atoms with Gasteiger partial charge in [-0.2, -0.15) is 11.8 Å². The predicted molar refractivity (Wildman–Crippen MR) is 82.1 cm³/mol. The Morgan fingerprint density at radius 2 is 2.10 bits per heavy atom. The number of amides is 2. The van der Waals surface area contributed by atoms with Crippen molar-refractivity contribution in [3.63, 3.8) is 0 Å². The van der Waals surface area contributed by atoms with Gasteiger partial charge in [0.25, 0.3) is 0 Å². The third-order valence-corrected chi connectivity index (χ3v) is 4.39. The fourth-order valence-corrected chi connectivity index (χ4v) is 3.17. The number of nitrogens with one attached hydrogen (secondary N) is 2. The summed E-state index contributed by atoms with van der Waals surface area (Å²) < 4.78 is 5.01. The maximum absolute atomic E-state index is 11.7. The molecule has 1 fully saturated rings. The summed E-state index contributed by atoms with van der Waals surface area (Å²) in [6.07, 6.45) is 2.37. The molecule has 1 aliphatic rings. The summed E-state index contributed by atoms with van der Waals surface area (Å²) in [6, 6.07) is 6.33. The van der Waals surface area contributed by atoms with E-state index in [1.54, 1.807) is 24.3 Å². The third-order valence-electron chi connectivity index (χ3n) is 2.99. The highest BCUT2D eigenvalue weighted by atomic mass is 32.2. The van der Waals surface area contributed by atoms with Gasteiger partial charge in [-0.1, -0.05) is 0 Å². The summed E-state index contributed by atoms with van der Waals surface area (Å²) in [5.41, 5.74) is 0.634. The Morgan fingerprint density at radius 1 is 1.33 bits per heavy atom. The topological polar surface area (TPSA) is 87.7 Å². The summed E-state index contributed by atoms with van der Waals surface area (Å²) in [5.74, 6) is 0.596. The predicted octanol–water partition coefficient (Wildman–Crippen LogP) is 2.17. The van der Waals surface area contributed by atoms with Crippen LogP contribution in [0.2, 0.25) is 0 Å². The normalized spacial score (nSPS) is 17.2. The quantitative estimate of drug-likeness (QED) is 0.749. The van der Waals surface area contributed by atoms with Gasteiger partial charge in [0, 0.05) is 17.5 Å². The number of ether oxygens (including phenoxy) is 1. The molecule has 1 unspecified atom stereocenters. The van der Waals surface area contributed by atoms with Crippen LogP contribution in [0, 0.1) is 0 Å². The van der Waals surface area contributed by atoms with Gasteiger partial charge in [-0.05, 0) is 42.9 Å². The SMILES string of the molecule is O=C(O)COc1ccc(NC(=O)NCC2CCCS2)cc1. The van der Waals surface area contributed by atoms with Crippen molar-refractivity contribution in [3.8, 4) is 5.75 Å². The molecule has 1 atom stereocenters. The lowest BCUT2D eigenvalue weighted by atomic mass is 10.2. The first-order valence-electron chi connectivity index (χ1n) is 6.74. The zero-order valence-corrected chi connectivity index (χ0v) is 12.3. The molecule has 1 aliphatic heterocycles. The zero-order valence-electron chi connectivity index (χ0n) is 11.5. The van der Waals surface area contributed by atoms with E-state index in [9.17, 15) is 9.59 Å². The standard InChI is InChI=1S/C14H18N2O4S/c17-13(18)9-20-11-5-3-10(4-6-11)16-14(19)15-8-12-2-1-7-21-12/h3-6,12H,1-2,7-9H2,(H,17,18)(H2,15,16,19). The number of hydrogen-bond donors (Lipinski definition) is 3. The van der Waals surface area contributed by atoms with E-state index in [4.69, 9.17) is 9.84 Å². The van der Waals surface area contributed by atoms with Crippen molar-refractivity contribution in [3.05, 3.63) is 24.3 Å². The molecule has 7 heteroatoms. The van der Waals surface area contributed by atoms with Crippen LogP contribution in [-0.2, 0) is 4.79 Å². The second-order valence-electron chi connectivity index (χ2n) is 4.68. The lowest BCUT2D eigenvalue weighted by molar-refractivity contribution is -0.139. The summed E-state index contributed by atoms with van der Waals surface area (Å²) in [5, 5.41) is 14.6. The second-order valence-corrected chi connectivity index (χ2v) is 6.09. The highest BCUT2D eigenvalue weighted by molar-refractivity contribution is 8.00. The van der Waals surface area contributed by atoms with Gasteiger partial charge in [-0.3, -0.25) is 0 Å². The number of thioether (sulfide) groups is 1. The van der Waals surface area contributed by atoms with Crippen LogP contribution < -0.4 is 15.4 Å². The summed E-state index contributed by atoms with van der Waals surface area (Å²) in [4.78, 5) is 22.1. The Labute approximate surface area is 127 Å². The van der Waals surface area contributed by atoms with Gasteiger partial charge in [0.2, 0.25) is 0 Å². The van der Waals surface area contributed by atoms with Crippen molar-refractivity contribution < 1.29 is 19.4 Å².